The molecule has 0 aromatic carbocycles. The standard InChI is InChI=1S/C16H19ClN2O/c1-15(2)11-4-5-16(15,3)12(8-11)20-14-7-10(9-18)6-13(17)19-14/h6-7,11-12H,4-5,8H2,1-3H3. The fourth-order valence-corrected chi connectivity index (χ4v) is 4.25. The van der Waals surface area contributed by atoms with Crippen LogP contribution in [0.3, 0.4) is 0 Å². The maximum absolute atomic E-state index is 8.99. The summed E-state index contributed by atoms with van der Waals surface area (Å²) < 4.78 is 6.12. The number of rotatable bonds is 2. The Kier molecular flexibility index (Phi) is 2.99. The van der Waals surface area contributed by atoms with Crippen LogP contribution in [0.4, 0.5) is 0 Å². The van der Waals surface area contributed by atoms with Crippen LogP contribution < -0.4 is 4.74 Å². The number of hydrogen-bond acceptors (Lipinski definition) is 3. The molecule has 2 saturated carbocycles. The van der Waals surface area contributed by atoms with Gasteiger partial charge in [-0.25, -0.2) is 4.98 Å². The average Bonchev–Trinajstić information content (AvgIpc) is 2.71. The summed E-state index contributed by atoms with van der Waals surface area (Å²) in [5.41, 5.74) is 0.968. The van der Waals surface area contributed by atoms with Gasteiger partial charge in [0.2, 0.25) is 5.88 Å². The molecule has 20 heavy (non-hydrogen) atoms. The molecule has 3 rings (SSSR count). The number of fused-ring (bicyclic) bond motifs is 2. The predicted octanol–water partition coefficient (Wildman–Crippen LogP) is 4.20. The summed E-state index contributed by atoms with van der Waals surface area (Å²) in [4.78, 5) is 4.20. The first-order chi connectivity index (χ1) is 9.36. The van der Waals surface area contributed by atoms with Gasteiger partial charge in [-0.3, -0.25) is 0 Å². The highest BCUT2D eigenvalue weighted by Crippen LogP contribution is 2.66. The highest BCUT2D eigenvalue weighted by Gasteiger charge is 2.62. The Morgan fingerprint density at radius 3 is 2.70 bits per heavy atom. The minimum atomic E-state index is 0.161. The van der Waals surface area contributed by atoms with Crippen molar-refractivity contribution in [3.05, 3.63) is 22.8 Å². The van der Waals surface area contributed by atoms with Gasteiger partial charge in [-0.1, -0.05) is 32.4 Å². The van der Waals surface area contributed by atoms with Crippen LogP contribution in [0.25, 0.3) is 0 Å². The second kappa shape index (κ2) is 4.36. The summed E-state index contributed by atoms with van der Waals surface area (Å²) in [7, 11) is 0. The lowest BCUT2D eigenvalue weighted by Crippen LogP contribution is -2.39. The quantitative estimate of drug-likeness (QED) is 0.767. The van der Waals surface area contributed by atoms with E-state index in [2.05, 4.69) is 31.8 Å². The molecule has 0 N–H and O–H groups in total. The molecule has 1 aromatic rings. The van der Waals surface area contributed by atoms with Crippen molar-refractivity contribution >= 4 is 11.6 Å². The molecule has 0 radical (unpaired) electrons. The topological polar surface area (TPSA) is 45.9 Å². The molecule has 3 unspecified atom stereocenters. The Morgan fingerprint density at radius 1 is 1.40 bits per heavy atom. The van der Waals surface area contributed by atoms with E-state index in [4.69, 9.17) is 21.6 Å². The number of nitriles is 1. The van der Waals surface area contributed by atoms with Gasteiger partial charge in [0.15, 0.2) is 0 Å². The second-order valence-corrected chi connectivity index (χ2v) is 7.23. The molecule has 2 bridgehead atoms. The average molecular weight is 291 g/mol. The van der Waals surface area contributed by atoms with Gasteiger partial charge in [-0.05, 0) is 36.7 Å². The molecule has 106 valence electrons. The van der Waals surface area contributed by atoms with E-state index in [-0.39, 0.29) is 11.5 Å². The molecule has 4 heteroatoms. The van der Waals surface area contributed by atoms with Gasteiger partial charge in [-0.15, -0.1) is 0 Å². The van der Waals surface area contributed by atoms with Gasteiger partial charge in [-0.2, -0.15) is 5.26 Å². The number of hydrogen-bond donors (Lipinski definition) is 0. The number of aromatic nitrogens is 1. The lowest BCUT2D eigenvalue weighted by Gasteiger charge is -2.38. The second-order valence-electron chi connectivity index (χ2n) is 6.85. The molecule has 2 aliphatic carbocycles. The summed E-state index contributed by atoms with van der Waals surface area (Å²) in [6.07, 6.45) is 3.71. The maximum Gasteiger partial charge on any atom is 0.216 e. The monoisotopic (exact) mass is 290 g/mol. The zero-order valence-corrected chi connectivity index (χ0v) is 12.9. The minimum absolute atomic E-state index is 0.161. The zero-order valence-electron chi connectivity index (χ0n) is 12.1. The zero-order chi connectivity index (χ0) is 14.5. The molecule has 2 fully saturated rings. The Balaban J connectivity index is 1.87. The normalized spacial score (nSPS) is 34.0. The minimum Gasteiger partial charge on any atom is -0.474 e. The molecule has 0 saturated heterocycles. The Morgan fingerprint density at radius 2 is 2.15 bits per heavy atom. The van der Waals surface area contributed by atoms with E-state index in [9.17, 15) is 0 Å². The number of pyridine rings is 1. The number of nitrogens with zero attached hydrogens (tertiary/aromatic N) is 2. The van der Waals surface area contributed by atoms with Gasteiger partial charge in [0.1, 0.15) is 11.3 Å². The van der Waals surface area contributed by atoms with Gasteiger partial charge in [0.05, 0.1) is 11.6 Å². The first kappa shape index (κ1) is 13.7. The molecule has 3 nitrogen and oxygen atoms in total. The van der Waals surface area contributed by atoms with Crippen LogP contribution in [-0.4, -0.2) is 11.1 Å². The largest absolute Gasteiger partial charge is 0.474 e. The van der Waals surface area contributed by atoms with Crippen molar-refractivity contribution in [1.82, 2.24) is 4.98 Å². The van der Waals surface area contributed by atoms with Crippen LogP contribution in [0.5, 0.6) is 5.88 Å². The van der Waals surface area contributed by atoms with Crippen LogP contribution in [0.1, 0.15) is 45.6 Å². The number of halogens is 1. The molecule has 2 aliphatic rings. The van der Waals surface area contributed by atoms with Crippen molar-refractivity contribution in [1.29, 1.82) is 5.26 Å². The lowest BCUT2D eigenvalue weighted by atomic mass is 9.70. The summed E-state index contributed by atoms with van der Waals surface area (Å²) in [6, 6.07) is 5.32. The summed E-state index contributed by atoms with van der Waals surface area (Å²) in [5, 5.41) is 9.31. The van der Waals surface area contributed by atoms with E-state index < -0.39 is 0 Å². The predicted molar refractivity (Wildman–Crippen MR) is 77.6 cm³/mol. The summed E-state index contributed by atoms with van der Waals surface area (Å²) in [5.74, 6) is 1.19. The fourth-order valence-electron chi connectivity index (χ4n) is 4.05. The van der Waals surface area contributed by atoms with Crippen molar-refractivity contribution in [2.24, 2.45) is 16.7 Å². The fraction of sp³-hybridized carbons (Fsp3) is 0.625. The maximum atomic E-state index is 8.99. The van der Waals surface area contributed by atoms with Crippen LogP contribution in [-0.2, 0) is 0 Å². The lowest BCUT2D eigenvalue weighted by molar-refractivity contribution is 0.0273. The van der Waals surface area contributed by atoms with E-state index in [1.54, 1.807) is 12.1 Å². The molecular weight excluding hydrogens is 272 g/mol. The summed E-state index contributed by atoms with van der Waals surface area (Å²) in [6.45, 7) is 7.01. The van der Waals surface area contributed by atoms with Crippen molar-refractivity contribution in [3.8, 4) is 11.9 Å². The molecule has 3 atom stereocenters. The third-order valence-corrected chi connectivity index (χ3v) is 6.07. The van der Waals surface area contributed by atoms with Crippen molar-refractivity contribution in [2.75, 3.05) is 0 Å². The van der Waals surface area contributed by atoms with Crippen LogP contribution >= 0.6 is 11.6 Å². The van der Waals surface area contributed by atoms with Gasteiger partial charge >= 0.3 is 0 Å². The molecule has 0 aliphatic heterocycles. The smallest absolute Gasteiger partial charge is 0.216 e. The van der Waals surface area contributed by atoms with Crippen LogP contribution in [0.2, 0.25) is 5.15 Å². The Labute approximate surface area is 124 Å². The first-order valence-electron chi connectivity index (χ1n) is 7.11. The molecular formula is C16H19ClN2O. The van der Waals surface area contributed by atoms with Gasteiger partial charge in [0, 0.05) is 11.5 Å². The van der Waals surface area contributed by atoms with Crippen molar-refractivity contribution in [3.63, 3.8) is 0 Å². The van der Waals surface area contributed by atoms with E-state index >= 15 is 0 Å². The summed E-state index contributed by atoms with van der Waals surface area (Å²) >= 11 is 5.94. The van der Waals surface area contributed by atoms with E-state index in [1.165, 1.54) is 12.8 Å². The SMILES string of the molecule is CC1(C)C2CCC1(C)C(Oc1cc(C#N)cc(Cl)n1)C2. The van der Waals surface area contributed by atoms with Crippen molar-refractivity contribution in [2.45, 2.75) is 46.1 Å². The highest BCUT2D eigenvalue weighted by molar-refractivity contribution is 6.29. The van der Waals surface area contributed by atoms with Crippen LogP contribution in [0.15, 0.2) is 12.1 Å². The molecule has 1 aromatic heterocycles. The molecule has 0 amide bonds. The number of ether oxygens (including phenoxy) is 1. The molecule has 1 heterocycles. The highest BCUT2D eigenvalue weighted by atomic mass is 35.5. The van der Waals surface area contributed by atoms with Gasteiger partial charge < -0.3 is 4.74 Å². The third kappa shape index (κ3) is 1.82. The van der Waals surface area contributed by atoms with Crippen LogP contribution in [0, 0.1) is 28.1 Å². The Hall–Kier alpha value is -1.27. The first-order valence-corrected chi connectivity index (χ1v) is 7.49. The molecule has 0 spiro atoms. The van der Waals surface area contributed by atoms with Crippen molar-refractivity contribution < 1.29 is 4.74 Å². The van der Waals surface area contributed by atoms with Gasteiger partial charge in [0.25, 0.3) is 0 Å². The van der Waals surface area contributed by atoms with E-state index in [0.29, 0.717) is 27.9 Å². The third-order valence-electron chi connectivity index (χ3n) is 5.88. The van der Waals surface area contributed by atoms with E-state index in [1.807, 2.05) is 0 Å². The Bertz CT molecular complexity index is 593. The van der Waals surface area contributed by atoms with E-state index in [0.717, 1.165) is 6.42 Å².